The lowest BCUT2D eigenvalue weighted by Crippen LogP contribution is -2.40. The maximum Gasteiger partial charge on any atom is 0.221 e. The summed E-state index contributed by atoms with van der Waals surface area (Å²) in [6.45, 7) is 5.37. The minimum absolute atomic E-state index is 0.0436. The van der Waals surface area contributed by atoms with Gasteiger partial charge in [-0.15, -0.1) is 0 Å². The summed E-state index contributed by atoms with van der Waals surface area (Å²) in [5.41, 5.74) is -0.0568. The van der Waals surface area contributed by atoms with Gasteiger partial charge in [-0.05, 0) is 19.5 Å². The number of halogens is 1. The Kier molecular flexibility index (Phi) is 5.57. The topological polar surface area (TPSA) is 49.4 Å². The normalized spacial score (nSPS) is 13.6. The Morgan fingerprint density at radius 3 is 2.21 bits per heavy atom. The van der Waals surface area contributed by atoms with Crippen molar-refractivity contribution in [3.63, 3.8) is 0 Å². The third kappa shape index (κ3) is 6.75. The van der Waals surface area contributed by atoms with Gasteiger partial charge in [-0.2, -0.15) is 0 Å². The monoisotopic (exact) mass is 286 g/mol. The van der Waals surface area contributed by atoms with Crippen molar-refractivity contribution in [1.29, 1.82) is 0 Å². The molecule has 0 atom stereocenters. The third-order valence-electron chi connectivity index (χ3n) is 1.66. The van der Waals surface area contributed by atoms with E-state index in [4.69, 9.17) is 0 Å². The molecule has 86 valence electrons. The first-order valence-electron chi connectivity index (χ1n) is 4.36. The van der Waals surface area contributed by atoms with Crippen molar-refractivity contribution in [3.05, 3.63) is 0 Å². The molecule has 0 bridgehead atoms. The highest BCUT2D eigenvalue weighted by molar-refractivity contribution is 9.10. The lowest BCUT2D eigenvalue weighted by molar-refractivity contribution is 0.242. The lowest BCUT2D eigenvalue weighted by atomic mass is 9.93. The van der Waals surface area contributed by atoms with Crippen molar-refractivity contribution in [2.45, 2.75) is 13.8 Å². The fraction of sp³-hybridized carbons (Fsp3) is 1.00. The molecule has 0 saturated heterocycles. The maximum absolute atomic E-state index is 11.2. The number of sulfonamides is 1. The highest BCUT2D eigenvalue weighted by atomic mass is 79.9. The molecule has 0 radical (unpaired) electrons. The van der Waals surface area contributed by atoms with E-state index in [1.807, 2.05) is 32.8 Å². The van der Waals surface area contributed by atoms with E-state index in [9.17, 15) is 8.42 Å². The molecule has 14 heavy (non-hydrogen) atoms. The van der Waals surface area contributed by atoms with E-state index < -0.39 is 10.0 Å². The molecular weight excluding hydrogens is 268 g/mol. The number of rotatable bonds is 6. The SMILES string of the molecule is CN(C)CC(C)(C)CNS(=O)(=O)CBr. The molecule has 0 saturated carbocycles. The maximum atomic E-state index is 11.2. The van der Waals surface area contributed by atoms with Gasteiger partial charge in [-0.25, -0.2) is 13.1 Å². The van der Waals surface area contributed by atoms with E-state index in [0.717, 1.165) is 6.54 Å². The summed E-state index contributed by atoms with van der Waals surface area (Å²) < 4.78 is 24.8. The van der Waals surface area contributed by atoms with Crippen LogP contribution in [-0.4, -0.2) is 45.2 Å². The predicted molar refractivity (Wildman–Crippen MR) is 63.1 cm³/mol. The number of nitrogens with zero attached hydrogens (tertiary/aromatic N) is 1. The molecule has 0 amide bonds. The van der Waals surface area contributed by atoms with Crippen LogP contribution >= 0.6 is 15.9 Å². The van der Waals surface area contributed by atoms with Crippen LogP contribution in [0.25, 0.3) is 0 Å². The van der Waals surface area contributed by atoms with E-state index in [1.165, 1.54) is 0 Å². The van der Waals surface area contributed by atoms with Gasteiger partial charge in [0.15, 0.2) is 0 Å². The Balaban J connectivity index is 4.12. The van der Waals surface area contributed by atoms with E-state index in [1.54, 1.807) is 0 Å². The molecule has 4 nitrogen and oxygen atoms in total. The summed E-state index contributed by atoms with van der Waals surface area (Å²) in [6.07, 6.45) is 0. The Morgan fingerprint density at radius 2 is 1.86 bits per heavy atom. The molecule has 0 aromatic rings. The van der Waals surface area contributed by atoms with Gasteiger partial charge >= 0.3 is 0 Å². The Bertz CT molecular complexity index is 263. The van der Waals surface area contributed by atoms with Crippen molar-refractivity contribution in [2.24, 2.45) is 5.41 Å². The highest BCUT2D eigenvalue weighted by Gasteiger charge is 2.21. The second kappa shape index (κ2) is 5.44. The van der Waals surface area contributed by atoms with Crippen LogP contribution in [0.3, 0.4) is 0 Å². The number of hydrogen-bond acceptors (Lipinski definition) is 3. The summed E-state index contributed by atoms with van der Waals surface area (Å²) in [7, 11) is 0.806. The van der Waals surface area contributed by atoms with Crippen molar-refractivity contribution < 1.29 is 8.42 Å². The number of nitrogens with one attached hydrogen (secondary N) is 1. The zero-order valence-electron chi connectivity index (χ0n) is 9.17. The molecule has 1 N–H and O–H groups in total. The van der Waals surface area contributed by atoms with Crippen molar-refractivity contribution in [2.75, 3.05) is 31.8 Å². The minimum atomic E-state index is -3.14. The minimum Gasteiger partial charge on any atom is -0.309 e. The van der Waals surface area contributed by atoms with Crippen LogP contribution in [0.15, 0.2) is 0 Å². The summed E-state index contributed by atoms with van der Waals surface area (Å²) in [4.78, 5) is 2.04. The summed E-state index contributed by atoms with van der Waals surface area (Å²) >= 11 is 2.93. The summed E-state index contributed by atoms with van der Waals surface area (Å²) in [5.74, 6) is 0. The molecule has 0 rings (SSSR count). The standard InChI is InChI=1S/C8H19BrN2O2S/c1-8(2,6-11(3)4)5-10-14(12,13)7-9/h10H,5-7H2,1-4H3. The zero-order valence-corrected chi connectivity index (χ0v) is 11.6. The lowest BCUT2D eigenvalue weighted by Gasteiger charge is -2.28. The number of hydrogen-bond donors (Lipinski definition) is 1. The molecule has 0 aliphatic carbocycles. The van der Waals surface area contributed by atoms with Gasteiger partial charge in [0, 0.05) is 13.1 Å². The van der Waals surface area contributed by atoms with Crippen molar-refractivity contribution >= 4 is 26.0 Å². The smallest absolute Gasteiger partial charge is 0.221 e. The molecule has 0 unspecified atom stereocenters. The van der Waals surface area contributed by atoms with Gasteiger partial charge in [0.2, 0.25) is 10.0 Å². The van der Waals surface area contributed by atoms with Crippen LogP contribution < -0.4 is 4.72 Å². The van der Waals surface area contributed by atoms with Gasteiger partial charge in [0.1, 0.15) is 4.66 Å². The van der Waals surface area contributed by atoms with Gasteiger partial charge < -0.3 is 4.90 Å². The van der Waals surface area contributed by atoms with Gasteiger partial charge in [0.05, 0.1) is 0 Å². The fourth-order valence-corrected chi connectivity index (χ4v) is 2.43. The van der Waals surface area contributed by atoms with Crippen LogP contribution in [0.5, 0.6) is 0 Å². The van der Waals surface area contributed by atoms with Crippen LogP contribution in [0.1, 0.15) is 13.8 Å². The van der Waals surface area contributed by atoms with E-state index in [-0.39, 0.29) is 10.1 Å². The predicted octanol–water partition coefficient (Wildman–Crippen LogP) is 0.846. The molecule has 0 aliphatic heterocycles. The van der Waals surface area contributed by atoms with Crippen LogP contribution in [-0.2, 0) is 10.0 Å². The Morgan fingerprint density at radius 1 is 1.36 bits per heavy atom. The average Bonchev–Trinajstić information content (AvgIpc) is 1.99. The van der Waals surface area contributed by atoms with Gasteiger partial charge in [0.25, 0.3) is 0 Å². The molecule has 0 aliphatic rings. The van der Waals surface area contributed by atoms with Gasteiger partial charge in [-0.3, -0.25) is 0 Å². The molecular formula is C8H19BrN2O2S. The summed E-state index contributed by atoms with van der Waals surface area (Å²) in [6, 6.07) is 0. The molecule has 0 heterocycles. The quantitative estimate of drug-likeness (QED) is 0.737. The van der Waals surface area contributed by atoms with E-state index >= 15 is 0 Å². The molecule has 6 heteroatoms. The van der Waals surface area contributed by atoms with Crippen LogP contribution in [0, 0.1) is 5.41 Å². The van der Waals surface area contributed by atoms with Crippen LogP contribution in [0.2, 0.25) is 0 Å². The molecule has 0 aromatic heterocycles. The highest BCUT2D eigenvalue weighted by Crippen LogP contribution is 2.14. The van der Waals surface area contributed by atoms with E-state index in [2.05, 4.69) is 20.7 Å². The average molecular weight is 287 g/mol. The fourth-order valence-electron chi connectivity index (χ4n) is 1.26. The molecule has 0 fully saturated rings. The Labute approximate surface area is 95.2 Å². The zero-order chi connectivity index (χ0) is 11.4. The second-order valence-electron chi connectivity index (χ2n) is 4.45. The largest absolute Gasteiger partial charge is 0.309 e. The first-order chi connectivity index (χ1) is 6.18. The van der Waals surface area contributed by atoms with E-state index in [0.29, 0.717) is 6.54 Å². The second-order valence-corrected chi connectivity index (χ2v) is 7.56. The first-order valence-corrected chi connectivity index (χ1v) is 7.14. The summed E-state index contributed by atoms with van der Waals surface area (Å²) in [5, 5.41) is 0. The van der Waals surface area contributed by atoms with Gasteiger partial charge in [-0.1, -0.05) is 29.8 Å². The Hall–Kier alpha value is 0.350. The van der Waals surface area contributed by atoms with Crippen molar-refractivity contribution in [1.82, 2.24) is 9.62 Å². The number of alkyl halides is 1. The first kappa shape index (κ1) is 14.3. The molecule has 0 aromatic carbocycles. The molecule has 0 spiro atoms. The van der Waals surface area contributed by atoms with Crippen LogP contribution in [0.4, 0.5) is 0 Å². The third-order valence-corrected chi connectivity index (χ3v) is 4.34. The van der Waals surface area contributed by atoms with Crippen molar-refractivity contribution in [3.8, 4) is 0 Å².